The summed E-state index contributed by atoms with van der Waals surface area (Å²) in [5.41, 5.74) is 0.500. The Hall–Kier alpha value is -0.860. The molecule has 1 N–H and O–H groups in total. The Bertz CT molecular complexity index is 399. The monoisotopic (exact) mass is 231 g/mol. The highest BCUT2D eigenvalue weighted by Gasteiger charge is 2.11. The number of benzene rings is 1. The number of halogens is 3. The molecule has 0 aliphatic carbocycles. The molecule has 1 rings (SSSR count). The van der Waals surface area contributed by atoms with Gasteiger partial charge in [-0.25, -0.2) is 4.39 Å². The van der Waals surface area contributed by atoms with Crippen LogP contribution in [0.3, 0.4) is 0 Å². The molecule has 0 radical (unpaired) electrons. The second-order valence-corrected chi connectivity index (χ2v) is 3.42. The van der Waals surface area contributed by atoms with Crippen molar-refractivity contribution < 1.29 is 4.39 Å². The minimum absolute atomic E-state index is 0.0352. The summed E-state index contributed by atoms with van der Waals surface area (Å²) in [5, 5.41) is 7.41. The van der Waals surface area contributed by atoms with Crippen LogP contribution < -0.4 is 0 Å². The minimum atomic E-state index is -0.680. The highest BCUT2D eigenvalue weighted by molar-refractivity contribution is 6.37. The fraction of sp³-hybridized carbons (Fsp3) is 0.100. The zero-order chi connectivity index (χ0) is 10.7. The van der Waals surface area contributed by atoms with Crippen LogP contribution in [0.15, 0.2) is 24.3 Å². The lowest BCUT2D eigenvalue weighted by molar-refractivity contribution is 0.628. The van der Waals surface area contributed by atoms with Gasteiger partial charge >= 0.3 is 0 Å². The van der Waals surface area contributed by atoms with E-state index in [0.717, 1.165) is 0 Å². The van der Waals surface area contributed by atoms with Crippen LogP contribution in [0.5, 0.6) is 0 Å². The number of nitrogens with one attached hydrogen (secondary N) is 1. The summed E-state index contributed by atoms with van der Waals surface area (Å²) in [6, 6.07) is 2.91. The number of rotatable bonds is 2. The summed E-state index contributed by atoms with van der Waals surface area (Å²) in [4.78, 5) is 0. The largest absolute Gasteiger partial charge is 0.300 e. The summed E-state index contributed by atoms with van der Waals surface area (Å²) in [7, 11) is 0. The lowest BCUT2D eigenvalue weighted by Crippen LogP contribution is -1.97. The van der Waals surface area contributed by atoms with Gasteiger partial charge in [0.25, 0.3) is 0 Å². The molecule has 14 heavy (non-hydrogen) atoms. The molecule has 0 aliphatic heterocycles. The van der Waals surface area contributed by atoms with Gasteiger partial charge in [0, 0.05) is 5.56 Å². The lowest BCUT2D eigenvalue weighted by Gasteiger charge is -2.04. The zero-order valence-corrected chi connectivity index (χ0v) is 8.96. The minimum Gasteiger partial charge on any atom is -0.300 e. The van der Waals surface area contributed by atoms with E-state index in [2.05, 4.69) is 0 Å². The van der Waals surface area contributed by atoms with Crippen LogP contribution >= 0.6 is 23.2 Å². The smallest absolute Gasteiger partial charge is 0.161 e. The van der Waals surface area contributed by atoms with Crippen LogP contribution in [0.2, 0.25) is 10.0 Å². The topological polar surface area (TPSA) is 23.9 Å². The SMILES string of the molecule is CC=CC(=N)c1ccc(Cl)c(F)c1Cl. The zero-order valence-electron chi connectivity index (χ0n) is 7.44. The van der Waals surface area contributed by atoms with Gasteiger partial charge in [0.05, 0.1) is 15.8 Å². The lowest BCUT2D eigenvalue weighted by atomic mass is 10.1. The van der Waals surface area contributed by atoms with Crippen molar-refractivity contribution in [2.45, 2.75) is 6.92 Å². The molecule has 0 saturated carbocycles. The first-order valence-corrected chi connectivity index (χ1v) is 4.68. The van der Waals surface area contributed by atoms with Gasteiger partial charge in [-0.1, -0.05) is 29.3 Å². The normalized spacial score (nSPS) is 10.9. The summed E-state index contributed by atoms with van der Waals surface area (Å²) in [6.07, 6.45) is 3.22. The van der Waals surface area contributed by atoms with Gasteiger partial charge in [-0.3, -0.25) is 0 Å². The summed E-state index contributed by atoms with van der Waals surface area (Å²) in [6.45, 7) is 1.77. The maximum Gasteiger partial charge on any atom is 0.161 e. The molecule has 0 bridgehead atoms. The first-order chi connectivity index (χ1) is 6.57. The van der Waals surface area contributed by atoms with Gasteiger partial charge in [0.2, 0.25) is 0 Å². The molecular weight excluding hydrogens is 224 g/mol. The fourth-order valence-corrected chi connectivity index (χ4v) is 1.46. The molecule has 0 saturated heterocycles. The second-order valence-electron chi connectivity index (χ2n) is 2.64. The quantitative estimate of drug-likeness (QED) is 0.586. The number of allylic oxidation sites excluding steroid dienone is 2. The molecule has 0 amide bonds. The molecule has 0 aliphatic rings. The van der Waals surface area contributed by atoms with E-state index < -0.39 is 5.82 Å². The van der Waals surface area contributed by atoms with Crippen LogP contribution in [0.1, 0.15) is 12.5 Å². The van der Waals surface area contributed by atoms with Gasteiger partial charge in [0.1, 0.15) is 0 Å². The van der Waals surface area contributed by atoms with E-state index >= 15 is 0 Å². The highest BCUT2D eigenvalue weighted by Crippen LogP contribution is 2.26. The third-order valence-corrected chi connectivity index (χ3v) is 2.32. The molecule has 1 aromatic rings. The summed E-state index contributed by atoms with van der Waals surface area (Å²) >= 11 is 11.2. The second kappa shape index (κ2) is 4.58. The van der Waals surface area contributed by atoms with Crippen molar-refractivity contribution in [1.29, 1.82) is 5.41 Å². The van der Waals surface area contributed by atoms with E-state index in [1.54, 1.807) is 13.0 Å². The first kappa shape index (κ1) is 11.2. The maximum absolute atomic E-state index is 13.2. The molecule has 4 heteroatoms. The van der Waals surface area contributed by atoms with Crippen LogP contribution in [-0.4, -0.2) is 5.71 Å². The van der Waals surface area contributed by atoms with E-state index in [1.807, 2.05) is 0 Å². The third-order valence-electron chi connectivity index (χ3n) is 1.66. The van der Waals surface area contributed by atoms with Gasteiger partial charge < -0.3 is 5.41 Å². The molecular formula is C10H8Cl2FN. The maximum atomic E-state index is 13.2. The molecule has 0 heterocycles. The Morgan fingerprint density at radius 3 is 2.64 bits per heavy atom. The number of hydrogen-bond acceptors (Lipinski definition) is 1. The molecule has 0 unspecified atom stereocenters. The van der Waals surface area contributed by atoms with Crippen LogP contribution in [0.25, 0.3) is 0 Å². The Balaban J connectivity index is 3.24. The van der Waals surface area contributed by atoms with Crippen LogP contribution in [0, 0.1) is 11.2 Å². The summed E-state index contributed by atoms with van der Waals surface area (Å²) < 4.78 is 13.2. The molecule has 0 aromatic heterocycles. The predicted molar refractivity (Wildman–Crippen MR) is 58.1 cm³/mol. The van der Waals surface area contributed by atoms with Gasteiger partial charge in [-0.05, 0) is 25.1 Å². The van der Waals surface area contributed by atoms with E-state index in [1.165, 1.54) is 18.2 Å². The molecule has 0 spiro atoms. The van der Waals surface area contributed by atoms with E-state index in [4.69, 9.17) is 28.6 Å². The molecule has 74 valence electrons. The van der Waals surface area contributed by atoms with Gasteiger partial charge in [-0.2, -0.15) is 0 Å². The molecule has 0 atom stereocenters. The molecule has 1 nitrogen and oxygen atoms in total. The van der Waals surface area contributed by atoms with Crippen molar-refractivity contribution >= 4 is 28.9 Å². The fourth-order valence-electron chi connectivity index (χ4n) is 0.990. The van der Waals surface area contributed by atoms with Crippen molar-refractivity contribution in [2.75, 3.05) is 0 Å². The Morgan fingerprint density at radius 2 is 2.07 bits per heavy atom. The van der Waals surface area contributed by atoms with Crippen molar-refractivity contribution in [3.63, 3.8) is 0 Å². The standard InChI is InChI=1S/C10H8Cl2FN/c1-2-3-8(14)6-4-5-7(11)10(13)9(6)12/h2-5,14H,1H3. The van der Waals surface area contributed by atoms with Gasteiger partial charge in [-0.15, -0.1) is 0 Å². The first-order valence-electron chi connectivity index (χ1n) is 3.93. The highest BCUT2D eigenvalue weighted by atomic mass is 35.5. The van der Waals surface area contributed by atoms with Crippen molar-refractivity contribution in [3.05, 3.63) is 45.7 Å². The Kier molecular flexibility index (Phi) is 3.67. The van der Waals surface area contributed by atoms with Crippen molar-refractivity contribution in [2.24, 2.45) is 0 Å². The Morgan fingerprint density at radius 1 is 1.43 bits per heavy atom. The molecule has 1 aromatic carbocycles. The summed E-state index contributed by atoms with van der Waals surface area (Å²) in [5.74, 6) is -0.680. The third kappa shape index (κ3) is 2.14. The van der Waals surface area contributed by atoms with Gasteiger partial charge in [0.15, 0.2) is 5.82 Å². The number of hydrogen-bond donors (Lipinski definition) is 1. The Labute approximate surface area is 91.7 Å². The van der Waals surface area contributed by atoms with E-state index in [-0.39, 0.29) is 15.8 Å². The van der Waals surface area contributed by atoms with Crippen molar-refractivity contribution in [3.8, 4) is 0 Å². The predicted octanol–water partition coefficient (Wildman–Crippen LogP) is 4.08. The van der Waals surface area contributed by atoms with Crippen LogP contribution in [0.4, 0.5) is 4.39 Å². The van der Waals surface area contributed by atoms with Crippen molar-refractivity contribution in [1.82, 2.24) is 0 Å². The van der Waals surface area contributed by atoms with Crippen LogP contribution in [-0.2, 0) is 0 Å². The molecule has 0 fully saturated rings. The van der Waals surface area contributed by atoms with E-state index in [0.29, 0.717) is 5.56 Å². The average molecular weight is 232 g/mol. The van der Waals surface area contributed by atoms with E-state index in [9.17, 15) is 4.39 Å². The average Bonchev–Trinajstić information content (AvgIpc) is 2.15.